The fourth-order valence-electron chi connectivity index (χ4n) is 0.659. The lowest BCUT2D eigenvalue weighted by Gasteiger charge is -1.91. The highest BCUT2D eigenvalue weighted by atomic mass is 79.9. The van der Waals surface area contributed by atoms with Crippen LogP contribution in [0.4, 0.5) is 0 Å². The van der Waals surface area contributed by atoms with Gasteiger partial charge in [0, 0.05) is 10.5 Å². The van der Waals surface area contributed by atoms with Gasteiger partial charge in [0.1, 0.15) is 0 Å². The van der Waals surface area contributed by atoms with E-state index in [0.717, 1.165) is 0 Å². The van der Waals surface area contributed by atoms with Crippen LogP contribution in [0.25, 0.3) is 0 Å². The van der Waals surface area contributed by atoms with E-state index in [1.807, 2.05) is 12.1 Å². The van der Waals surface area contributed by atoms with Crippen LogP contribution in [-0.2, 0) is 0 Å². The van der Waals surface area contributed by atoms with Crippen LogP contribution in [0.2, 0.25) is 0 Å². The van der Waals surface area contributed by atoms with Gasteiger partial charge in [-0.3, -0.25) is 0 Å². The highest BCUT2D eigenvalue weighted by Gasteiger charge is 1.97. The molecule has 0 spiro atoms. The molecule has 0 atom stereocenters. The summed E-state index contributed by atoms with van der Waals surface area (Å²) in [7, 11) is 0. The predicted molar refractivity (Wildman–Crippen MR) is 42.4 cm³/mol. The first-order chi connectivity index (χ1) is 5.26. The zero-order valence-electron chi connectivity index (χ0n) is 5.43. The Morgan fingerprint density at radius 2 is 2.00 bits per heavy atom. The minimum atomic E-state index is 0.371. The van der Waals surface area contributed by atoms with Crippen molar-refractivity contribution in [2.24, 2.45) is 0 Å². The SMILES string of the molecule is N#Cc1[c]c(Br)cc(C#N)c1. The van der Waals surface area contributed by atoms with Crippen LogP contribution in [0, 0.1) is 28.7 Å². The van der Waals surface area contributed by atoms with Crippen LogP contribution in [0.1, 0.15) is 11.1 Å². The summed E-state index contributed by atoms with van der Waals surface area (Å²) in [4.78, 5) is 0. The predicted octanol–water partition coefficient (Wildman–Crippen LogP) is 1.99. The molecule has 3 heteroatoms. The molecule has 0 saturated heterocycles. The van der Waals surface area contributed by atoms with E-state index >= 15 is 0 Å². The third-order valence-corrected chi connectivity index (χ3v) is 1.51. The van der Waals surface area contributed by atoms with E-state index in [0.29, 0.717) is 15.6 Å². The van der Waals surface area contributed by atoms with Crippen LogP contribution in [0.15, 0.2) is 16.6 Å². The molecule has 0 aliphatic carbocycles. The van der Waals surface area contributed by atoms with E-state index in [1.54, 1.807) is 6.07 Å². The topological polar surface area (TPSA) is 47.6 Å². The molecule has 0 N–H and O–H groups in total. The van der Waals surface area contributed by atoms with Gasteiger partial charge in [-0.1, -0.05) is 15.9 Å². The van der Waals surface area contributed by atoms with E-state index in [4.69, 9.17) is 10.5 Å². The number of halogens is 1. The van der Waals surface area contributed by atoms with E-state index in [1.165, 1.54) is 6.07 Å². The van der Waals surface area contributed by atoms with Crippen molar-refractivity contribution in [3.63, 3.8) is 0 Å². The summed E-state index contributed by atoms with van der Waals surface area (Å²) < 4.78 is 0.633. The van der Waals surface area contributed by atoms with Gasteiger partial charge in [-0.25, -0.2) is 0 Å². The fourth-order valence-corrected chi connectivity index (χ4v) is 1.12. The van der Waals surface area contributed by atoms with Gasteiger partial charge < -0.3 is 0 Å². The Balaban J connectivity index is 3.28. The largest absolute Gasteiger partial charge is 0.192 e. The van der Waals surface area contributed by atoms with Crippen molar-refractivity contribution in [3.8, 4) is 12.1 Å². The molecule has 0 saturated carbocycles. The molecule has 0 unspecified atom stereocenters. The number of hydrogen-bond acceptors (Lipinski definition) is 2. The maximum atomic E-state index is 8.49. The minimum absolute atomic E-state index is 0.371. The summed E-state index contributed by atoms with van der Waals surface area (Å²) in [5.74, 6) is 0. The molecule has 0 amide bonds. The van der Waals surface area contributed by atoms with Crippen molar-refractivity contribution in [1.82, 2.24) is 0 Å². The molecule has 0 aromatic heterocycles. The van der Waals surface area contributed by atoms with Crippen LogP contribution in [0.5, 0.6) is 0 Å². The number of rotatable bonds is 0. The van der Waals surface area contributed by atoms with Gasteiger partial charge in [-0.2, -0.15) is 10.5 Å². The molecule has 0 fully saturated rings. The third kappa shape index (κ3) is 1.80. The van der Waals surface area contributed by atoms with Crippen molar-refractivity contribution < 1.29 is 0 Å². The van der Waals surface area contributed by atoms with E-state index in [2.05, 4.69) is 22.0 Å². The summed E-state index contributed by atoms with van der Waals surface area (Å²) in [6, 6.07) is 9.69. The van der Waals surface area contributed by atoms with Crippen LogP contribution in [0.3, 0.4) is 0 Å². The lowest BCUT2D eigenvalue weighted by Crippen LogP contribution is -1.79. The first-order valence-electron chi connectivity index (χ1n) is 2.79. The lowest BCUT2D eigenvalue weighted by molar-refractivity contribution is 1.43. The molecule has 0 heterocycles. The van der Waals surface area contributed by atoms with Gasteiger partial charge >= 0.3 is 0 Å². The highest BCUT2D eigenvalue weighted by molar-refractivity contribution is 9.10. The summed E-state index contributed by atoms with van der Waals surface area (Å²) in [5, 5.41) is 17.0. The second kappa shape index (κ2) is 3.18. The molecule has 0 aliphatic heterocycles. The lowest BCUT2D eigenvalue weighted by atomic mass is 10.1. The van der Waals surface area contributed by atoms with Gasteiger partial charge in [-0.05, 0) is 12.1 Å². The third-order valence-electron chi connectivity index (χ3n) is 1.09. The first kappa shape index (κ1) is 7.78. The molecule has 0 aliphatic rings. The van der Waals surface area contributed by atoms with Crippen molar-refractivity contribution in [2.45, 2.75) is 0 Å². The molecule has 11 heavy (non-hydrogen) atoms. The summed E-state index contributed by atoms with van der Waals surface area (Å²) in [6.45, 7) is 0. The zero-order chi connectivity index (χ0) is 8.27. The van der Waals surface area contributed by atoms with Crippen LogP contribution < -0.4 is 0 Å². The van der Waals surface area contributed by atoms with Crippen molar-refractivity contribution in [1.29, 1.82) is 10.5 Å². The Kier molecular flexibility index (Phi) is 2.25. The second-order valence-electron chi connectivity index (χ2n) is 1.85. The second-order valence-corrected chi connectivity index (χ2v) is 2.71. The van der Waals surface area contributed by atoms with Gasteiger partial charge in [0.2, 0.25) is 0 Å². The standard InChI is InChI=1S/C8H2BrN2/c9-8-2-6(4-10)1-7(3-8)5-11/h1-2H. The minimum Gasteiger partial charge on any atom is -0.192 e. The van der Waals surface area contributed by atoms with Crippen molar-refractivity contribution in [3.05, 3.63) is 33.8 Å². The highest BCUT2D eigenvalue weighted by Crippen LogP contribution is 2.13. The zero-order valence-corrected chi connectivity index (χ0v) is 7.01. The number of benzene rings is 1. The number of nitrogens with zero attached hydrogens (tertiary/aromatic N) is 2. The van der Waals surface area contributed by atoms with Crippen LogP contribution in [-0.4, -0.2) is 0 Å². The maximum absolute atomic E-state index is 8.49. The molecular weight excluding hydrogens is 204 g/mol. The first-order valence-corrected chi connectivity index (χ1v) is 3.58. The Morgan fingerprint density at radius 1 is 1.27 bits per heavy atom. The molecular formula is C8H2BrN2. The Labute approximate surface area is 72.8 Å². The van der Waals surface area contributed by atoms with Gasteiger partial charge in [-0.15, -0.1) is 0 Å². The fraction of sp³-hybridized carbons (Fsp3) is 0. The maximum Gasteiger partial charge on any atom is 0.0999 e. The van der Waals surface area contributed by atoms with Crippen molar-refractivity contribution >= 4 is 15.9 Å². The van der Waals surface area contributed by atoms with Crippen molar-refractivity contribution in [2.75, 3.05) is 0 Å². The average molecular weight is 206 g/mol. The molecule has 2 nitrogen and oxygen atoms in total. The Morgan fingerprint density at radius 3 is 2.55 bits per heavy atom. The average Bonchev–Trinajstić information content (AvgIpc) is 2.03. The van der Waals surface area contributed by atoms with Gasteiger partial charge in [0.15, 0.2) is 0 Å². The smallest absolute Gasteiger partial charge is 0.0999 e. The number of hydrogen-bond donors (Lipinski definition) is 0. The summed E-state index contributed by atoms with van der Waals surface area (Å²) in [6.07, 6.45) is 0. The molecule has 51 valence electrons. The Hall–Kier alpha value is -1.32. The van der Waals surface area contributed by atoms with Gasteiger partial charge in [0.25, 0.3) is 0 Å². The quantitative estimate of drug-likeness (QED) is 0.651. The molecule has 0 bridgehead atoms. The summed E-state index contributed by atoms with van der Waals surface area (Å²) in [5.41, 5.74) is 0.836. The van der Waals surface area contributed by atoms with E-state index in [-0.39, 0.29) is 0 Å². The molecule has 1 aromatic carbocycles. The van der Waals surface area contributed by atoms with E-state index in [9.17, 15) is 0 Å². The monoisotopic (exact) mass is 205 g/mol. The van der Waals surface area contributed by atoms with E-state index < -0.39 is 0 Å². The van der Waals surface area contributed by atoms with Gasteiger partial charge in [0.05, 0.1) is 23.3 Å². The molecule has 1 rings (SSSR count). The Bertz CT molecular complexity index is 325. The normalized spacial score (nSPS) is 8.27. The summed E-state index contributed by atoms with van der Waals surface area (Å²) >= 11 is 3.14. The number of nitriles is 2. The molecule has 1 aromatic rings. The molecule has 1 radical (unpaired) electrons. The van der Waals surface area contributed by atoms with Crippen LogP contribution >= 0.6 is 15.9 Å².